The summed E-state index contributed by atoms with van der Waals surface area (Å²) in [5, 5.41) is 9.00. The highest BCUT2D eigenvalue weighted by Gasteiger charge is 2.29. The van der Waals surface area contributed by atoms with E-state index in [2.05, 4.69) is 0 Å². The minimum atomic E-state index is -0.811. The van der Waals surface area contributed by atoms with Crippen molar-refractivity contribution in [3.05, 3.63) is 0 Å². The number of amides is 2. The first-order chi connectivity index (χ1) is 9.59. The highest BCUT2D eigenvalue weighted by atomic mass is 16.5. The monoisotopic (exact) mass is 285 g/mol. The van der Waals surface area contributed by atoms with Crippen LogP contribution in [-0.4, -0.2) is 90.3 Å². The van der Waals surface area contributed by atoms with Gasteiger partial charge in [0.15, 0.2) is 0 Å². The van der Waals surface area contributed by atoms with Crippen LogP contribution in [0.3, 0.4) is 0 Å². The fourth-order valence-corrected chi connectivity index (χ4v) is 2.59. The number of urea groups is 1. The number of ether oxygens (including phenoxy) is 1. The molecule has 7 heteroatoms. The first-order valence-electron chi connectivity index (χ1n) is 7.18. The zero-order chi connectivity index (χ0) is 14.5. The third-order valence-corrected chi connectivity index (χ3v) is 3.98. The number of carboxylic acid groups (broad SMARTS) is 1. The van der Waals surface area contributed by atoms with Crippen LogP contribution in [0.5, 0.6) is 0 Å². The van der Waals surface area contributed by atoms with Crippen LogP contribution in [0.2, 0.25) is 0 Å². The third-order valence-electron chi connectivity index (χ3n) is 3.98. The van der Waals surface area contributed by atoms with Crippen LogP contribution in [0.4, 0.5) is 4.79 Å². The van der Waals surface area contributed by atoms with E-state index >= 15 is 0 Å². The summed E-state index contributed by atoms with van der Waals surface area (Å²) in [7, 11) is 0. The van der Waals surface area contributed by atoms with Gasteiger partial charge in [-0.05, 0) is 13.3 Å². The predicted octanol–water partition coefficient (Wildman–Crippen LogP) is -0.0806. The number of piperazine rings is 1. The molecule has 0 aromatic heterocycles. The van der Waals surface area contributed by atoms with Crippen LogP contribution < -0.4 is 0 Å². The number of carbonyl (C=O) groups excluding carboxylic acids is 1. The average molecular weight is 285 g/mol. The van der Waals surface area contributed by atoms with Crippen LogP contribution in [0, 0.1) is 0 Å². The average Bonchev–Trinajstić information content (AvgIpc) is 2.75. The van der Waals surface area contributed by atoms with Crippen molar-refractivity contribution in [1.29, 1.82) is 0 Å². The van der Waals surface area contributed by atoms with Crippen molar-refractivity contribution >= 4 is 12.0 Å². The van der Waals surface area contributed by atoms with E-state index in [0.29, 0.717) is 45.9 Å². The van der Waals surface area contributed by atoms with Crippen molar-refractivity contribution in [3.8, 4) is 0 Å². The number of carboxylic acids is 1. The van der Waals surface area contributed by atoms with Crippen molar-refractivity contribution in [1.82, 2.24) is 14.7 Å². The van der Waals surface area contributed by atoms with Gasteiger partial charge in [0.05, 0.1) is 6.61 Å². The van der Waals surface area contributed by atoms with Crippen molar-refractivity contribution in [2.45, 2.75) is 19.4 Å². The maximum absolute atomic E-state index is 12.4. The van der Waals surface area contributed by atoms with Gasteiger partial charge in [0.25, 0.3) is 0 Å². The molecule has 0 radical (unpaired) electrons. The first-order valence-corrected chi connectivity index (χ1v) is 7.18. The Balaban J connectivity index is 1.83. The van der Waals surface area contributed by atoms with E-state index in [9.17, 15) is 9.59 Å². The fraction of sp³-hybridized carbons (Fsp3) is 0.846. The lowest BCUT2D eigenvalue weighted by atomic mass is 10.2. The summed E-state index contributed by atoms with van der Waals surface area (Å²) in [4.78, 5) is 28.9. The number of rotatable bonds is 2. The number of hydrogen-bond donors (Lipinski definition) is 1. The quantitative estimate of drug-likeness (QED) is 0.768. The van der Waals surface area contributed by atoms with Crippen LogP contribution in [0.25, 0.3) is 0 Å². The van der Waals surface area contributed by atoms with Gasteiger partial charge >= 0.3 is 12.0 Å². The Morgan fingerprint density at radius 2 is 1.65 bits per heavy atom. The normalized spacial score (nSPS) is 23.2. The molecule has 0 saturated carbocycles. The highest BCUT2D eigenvalue weighted by Crippen LogP contribution is 2.10. The molecule has 0 aromatic carbocycles. The summed E-state index contributed by atoms with van der Waals surface area (Å²) in [5.41, 5.74) is 0. The van der Waals surface area contributed by atoms with Crippen molar-refractivity contribution < 1.29 is 19.4 Å². The summed E-state index contributed by atoms with van der Waals surface area (Å²) in [5.74, 6) is -0.811. The van der Waals surface area contributed by atoms with Crippen LogP contribution in [0.1, 0.15) is 13.3 Å². The Hall–Kier alpha value is -1.34. The second-order valence-electron chi connectivity index (χ2n) is 5.27. The lowest BCUT2D eigenvalue weighted by Crippen LogP contribution is -2.56. The van der Waals surface area contributed by atoms with Gasteiger partial charge < -0.3 is 19.6 Å². The maximum atomic E-state index is 12.4. The van der Waals surface area contributed by atoms with E-state index < -0.39 is 12.0 Å². The lowest BCUT2D eigenvalue weighted by Gasteiger charge is -2.38. The van der Waals surface area contributed by atoms with Gasteiger partial charge in [-0.15, -0.1) is 0 Å². The van der Waals surface area contributed by atoms with E-state index in [1.54, 1.807) is 6.92 Å². The minimum absolute atomic E-state index is 0.0538. The second kappa shape index (κ2) is 6.90. The van der Waals surface area contributed by atoms with E-state index in [4.69, 9.17) is 9.84 Å². The highest BCUT2D eigenvalue weighted by molar-refractivity contribution is 5.75. The molecule has 1 N–H and O–H groups in total. The summed E-state index contributed by atoms with van der Waals surface area (Å²) in [6.07, 6.45) is 0.877. The smallest absolute Gasteiger partial charge is 0.320 e. The van der Waals surface area contributed by atoms with E-state index in [0.717, 1.165) is 13.0 Å². The molecule has 0 bridgehead atoms. The van der Waals surface area contributed by atoms with Gasteiger partial charge in [0.2, 0.25) is 0 Å². The predicted molar refractivity (Wildman–Crippen MR) is 72.6 cm³/mol. The molecule has 1 unspecified atom stereocenters. The molecule has 0 aliphatic carbocycles. The van der Waals surface area contributed by atoms with E-state index in [1.807, 2.05) is 14.7 Å². The van der Waals surface area contributed by atoms with Gasteiger partial charge in [0.1, 0.15) is 6.04 Å². The molecule has 2 aliphatic rings. The lowest BCUT2D eigenvalue weighted by molar-refractivity contribution is -0.143. The zero-order valence-corrected chi connectivity index (χ0v) is 12.0. The summed E-state index contributed by atoms with van der Waals surface area (Å²) < 4.78 is 5.35. The molecule has 7 nitrogen and oxygen atoms in total. The molecule has 20 heavy (non-hydrogen) atoms. The molecule has 2 aliphatic heterocycles. The molecule has 0 aromatic rings. The minimum Gasteiger partial charge on any atom is -0.480 e. The number of aliphatic carboxylic acids is 1. The van der Waals surface area contributed by atoms with Crippen molar-refractivity contribution in [2.24, 2.45) is 0 Å². The zero-order valence-electron chi connectivity index (χ0n) is 12.0. The van der Waals surface area contributed by atoms with Gasteiger partial charge in [-0.2, -0.15) is 0 Å². The van der Waals surface area contributed by atoms with Crippen LogP contribution in [-0.2, 0) is 9.53 Å². The van der Waals surface area contributed by atoms with Gasteiger partial charge in [-0.1, -0.05) is 0 Å². The van der Waals surface area contributed by atoms with Gasteiger partial charge in [-0.3, -0.25) is 9.69 Å². The summed E-state index contributed by atoms with van der Waals surface area (Å²) >= 11 is 0. The Morgan fingerprint density at radius 3 is 2.30 bits per heavy atom. The molecule has 0 spiro atoms. The molecule has 114 valence electrons. The van der Waals surface area contributed by atoms with E-state index in [1.165, 1.54) is 0 Å². The molecule has 2 rings (SSSR count). The molecular weight excluding hydrogens is 262 g/mol. The fourth-order valence-electron chi connectivity index (χ4n) is 2.59. The number of carbonyl (C=O) groups is 2. The third kappa shape index (κ3) is 3.61. The SMILES string of the molecule is CC(C(=O)O)N1CCN(C(=O)N2CCCOCC2)CC1. The molecule has 2 heterocycles. The Labute approximate surface area is 119 Å². The Bertz CT molecular complexity index is 348. The molecular formula is C13H23N3O4. The second-order valence-corrected chi connectivity index (χ2v) is 5.27. The number of nitrogens with zero attached hydrogens (tertiary/aromatic N) is 3. The van der Waals surface area contributed by atoms with E-state index in [-0.39, 0.29) is 6.03 Å². The van der Waals surface area contributed by atoms with Crippen LogP contribution in [0.15, 0.2) is 0 Å². The van der Waals surface area contributed by atoms with Gasteiger partial charge in [-0.25, -0.2) is 4.79 Å². The number of hydrogen-bond acceptors (Lipinski definition) is 4. The summed E-state index contributed by atoms with van der Waals surface area (Å²) in [6.45, 7) is 6.80. The topological polar surface area (TPSA) is 73.3 Å². The molecule has 1 atom stereocenters. The Kier molecular flexibility index (Phi) is 5.19. The van der Waals surface area contributed by atoms with Crippen molar-refractivity contribution in [3.63, 3.8) is 0 Å². The van der Waals surface area contributed by atoms with Crippen LogP contribution >= 0.6 is 0 Å². The maximum Gasteiger partial charge on any atom is 0.320 e. The molecule has 2 amide bonds. The van der Waals surface area contributed by atoms with Gasteiger partial charge in [0, 0.05) is 45.9 Å². The molecule has 2 saturated heterocycles. The Morgan fingerprint density at radius 1 is 1.00 bits per heavy atom. The molecule has 2 fully saturated rings. The first kappa shape index (κ1) is 15.1. The van der Waals surface area contributed by atoms with Crippen molar-refractivity contribution in [2.75, 3.05) is 52.5 Å². The summed E-state index contributed by atoms with van der Waals surface area (Å²) in [6, 6.07) is -0.433. The largest absolute Gasteiger partial charge is 0.480 e. The standard InChI is InChI=1S/C13H23N3O4/c1-11(12(17)18)14-4-6-16(7-5-14)13(19)15-3-2-9-20-10-8-15/h11H,2-10H2,1H3,(H,17,18).